The van der Waals surface area contributed by atoms with Gasteiger partial charge in [-0.15, -0.1) is 13.2 Å². The summed E-state index contributed by atoms with van der Waals surface area (Å²) in [5, 5.41) is 0. The van der Waals surface area contributed by atoms with Gasteiger partial charge in [0, 0.05) is 19.7 Å². The number of anilines is 1. The van der Waals surface area contributed by atoms with E-state index in [9.17, 15) is 18.0 Å². The Kier molecular flexibility index (Phi) is 3.41. The summed E-state index contributed by atoms with van der Waals surface area (Å²) in [7, 11) is 3.07. The van der Waals surface area contributed by atoms with Crippen LogP contribution in [0.4, 0.5) is 18.9 Å². The predicted octanol–water partition coefficient (Wildman–Crippen LogP) is 2.46. The van der Waals surface area contributed by atoms with Crippen molar-refractivity contribution in [3.05, 3.63) is 23.8 Å². The zero-order valence-corrected chi connectivity index (χ0v) is 8.71. The molecule has 1 aromatic carbocycles. The van der Waals surface area contributed by atoms with Gasteiger partial charge in [-0.2, -0.15) is 0 Å². The van der Waals surface area contributed by atoms with E-state index >= 15 is 0 Å². The molecule has 3 nitrogen and oxygen atoms in total. The van der Waals surface area contributed by atoms with Crippen LogP contribution >= 0.6 is 0 Å². The van der Waals surface area contributed by atoms with E-state index in [1.165, 1.54) is 31.1 Å². The summed E-state index contributed by atoms with van der Waals surface area (Å²) in [5.41, 5.74) is 0.251. The fourth-order valence-electron chi connectivity index (χ4n) is 1.32. The molecule has 1 aromatic rings. The number of hydrogen-bond donors (Lipinski definition) is 0. The lowest BCUT2D eigenvalue weighted by atomic mass is 10.1. The van der Waals surface area contributed by atoms with Crippen LogP contribution in [0.1, 0.15) is 10.4 Å². The molecule has 6 heteroatoms. The second-order valence-corrected chi connectivity index (χ2v) is 3.25. The molecule has 0 aliphatic rings. The van der Waals surface area contributed by atoms with Crippen LogP contribution in [0.25, 0.3) is 0 Å². The first kappa shape index (κ1) is 12.4. The Morgan fingerprint density at radius 2 is 1.94 bits per heavy atom. The van der Waals surface area contributed by atoms with Crippen LogP contribution in [0, 0.1) is 0 Å². The van der Waals surface area contributed by atoms with E-state index < -0.39 is 6.36 Å². The maximum absolute atomic E-state index is 12.1. The van der Waals surface area contributed by atoms with Gasteiger partial charge < -0.3 is 9.64 Å². The predicted molar refractivity (Wildman–Crippen MR) is 52.8 cm³/mol. The lowest BCUT2D eigenvalue weighted by Gasteiger charge is -2.20. The van der Waals surface area contributed by atoms with Crippen LogP contribution in [-0.2, 0) is 0 Å². The van der Waals surface area contributed by atoms with Gasteiger partial charge in [0.05, 0.1) is 5.69 Å². The number of benzene rings is 1. The van der Waals surface area contributed by atoms with E-state index in [2.05, 4.69) is 4.74 Å². The Morgan fingerprint density at radius 3 is 2.38 bits per heavy atom. The standard InChI is InChI=1S/C10H10F3NO2/c1-14(2)9-7(6-15)4-3-5-8(9)16-10(11,12)13/h3-6H,1-2H3. The average Bonchev–Trinajstić information content (AvgIpc) is 2.14. The monoisotopic (exact) mass is 233 g/mol. The summed E-state index contributed by atoms with van der Waals surface area (Å²) in [6.07, 6.45) is -4.29. The second kappa shape index (κ2) is 4.42. The number of rotatable bonds is 3. The highest BCUT2D eigenvalue weighted by Gasteiger charge is 2.32. The Bertz CT molecular complexity index is 388. The number of hydrogen-bond acceptors (Lipinski definition) is 3. The van der Waals surface area contributed by atoms with Crippen molar-refractivity contribution in [1.29, 1.82) is 0 Å². The Labute approximate surface area is 90.4 Å². The summed E-state index contributed by atoms with van der Waals surface area (Å²) < 4.78 is 40.1. The molecular formula is C10H10F3NO2. The number of nitrogens with zero attached hydrogens (tertiary/aromatic N) is 1. The van der Waals surface area contributed by atoms with E-state index in [1.54, 1.807) is 0 Å². The molecule has 0 aliphatic carbocycles. The van der Waals surface area contributed by atoms with E-state index in [4.69, 9.17) is 0 Å². The van der Waals surface area contributed by atoms with Crippen molar-refractivity contribution in [3.63, 3.8) is 0 Å². The molecule has 0 radical (unpaired) electrons. The third-order valence-corrected chi connectivity index (χ3v) is 1.83. The minimum absolute atomic E-state index is 0.106. The summed E-state index contributed by atoms with van der Waals surface area (Å²) in [5.74, 6) is -0.387. The number of carbonyl (C=O) groups is 1. The molecule has 0 atom stereocenters. The third kappa shape index (κ3) is 2.88. The van der Waals surface area contributed by atoms with Gasteiger partial charge >= 0.3 is 6.36 Å². The first-order chi connectivity index (χ1) is 7.35. The van der Waals surface area contributed by atoms with Crippen LogP contribution in [-0.4, -0.2) is 26.7 Å². The molecule has 0 fully saturated rings. The van der Waals surface area contributed by atoms with Gasteiger partial charge in [0.2, 0.25) is 0 Å². The second-order valence-electron chi connectivity index (χ2n) is 3.25. The third-order valence-electron chi connectivity index (χ3n) is 1.83. The quantitative estimate of drug-likeness (QED) is 0.751. The van der Waals surface area contributed by atoms with Gasteiger partial charge in [0.1, 0.15) is 0 Å². The fourth-order valence-corrected chi connectivity index (χ4v) is 1.32. The van der Waals surface area contributed by atoms with E-state index in [0.717, 1.165) is 6.07 Å². The molecule has 0 bridgehead atoms. The van der Waals surface area contributed by atoms with Gasteiger partial charge in [0.25, 0.3) is 0 Å². The lowest BCUT2D eigenvalue weighted by Crippen LogP contribution is -2.20. The normalized spacial score (nSPS) is 11.1. The zero-order valence-electron chi connectivity index (χ0n) is 8.71. The number of ether oxygens (including phenoxy) is 1. The van der Waals surface area contributed by atoms with Crippen LogP contribution in [0.5, 0.6) is 5.75 Å². The van der Waals surface area contributed by atoms with Gasteiger partial charge in [-0.1, -0.05) is 6.07 Å². The van der Waals surface area contributed by atoms with Crippen molar-refractivity contribution >= 4 is 12.0 Å². The lowest BCUT2D eigenvalue weighted by molar-refractivity contribution is -0.274. The molecular weight excluding hydrogens is 223 g/mol. The van der Waals surface area contributed by atoms with Crippen molar-refractivity contribution in [2.24, 2.45) is 0 Å². The molecule has 1 rings (SSSR count). The smallest absolute Gasteiger partial charge is 0.404 e. The molecule has 0 saturated heterocycles. The van der Waals surface area contributed by atoms with Crippen LogP contribution in [0.15, 0.2) is 18.2 Å². The molecule has 16 heavy (non-hydrogen) atoms. The molecule has 0 unspecified atom stereocenters. The molecule has 0 heterocycles. The number of aldehydes is 1. The summed E-state index contributed by atoms with van der Waals surface area (Å²) >= 11 is 0. The molecule has 88 valence electrons. The van der Waals surface area contributed by atoms with Crippen molar-refractivity contribution in [3.8, 4) is 5.75 Å². The number of halogens is 3. The summed E-state index contributed by atoms with van der Waals surface area (Å²) in [4.78, 5) is 12.1. The summed E-state index contributed by atoms with van der Waals surface area (Å²) in [6, 6.07) is 3.92. The van der Waals surface area contributed by atoms with Crippen molar-refractivity contribution in [2.75, 3.05) is 19.0 Å². The maximum Gasteiger partial charge on any atom is 0.573 e. The first-order valence-corrected chi connectivity index (χ1v) is 4.36. The highest BCUT2D eigenvalue weighted by atomic mass is 19.4. The molecule has 0 aliphatic heterocycles. The Morgan fingerprint density at radius 1 is 1.31 bits per heavy atom. The van der Waals surface area contributed by atoms with Crippen molar-refractivity contribution in [2.45, 2.75) is 6.36 Å². The number of para-hydroxylation sites is 1. The Balaban J connectivity index is 3.22. The van der Waals surface area contributed by atoms with Crippen LogP contribution < -0.4 is 9.64 Å². The zero-order chi connectivity index (χ0) is 12.3. The minimum atomic E-state index is -4.77. The number of alkyl halides is 3. The Hall–Kier alpha value is -1.72. The van der Waals surface area contributed by atoms with Crippen molar-refractivity contribution in [1.82, 2.24) is 0 Å². The van der Waals surface area contributed by atoms with E-state index in [1.807, 2.05) is 0 Å². The topological polar surface area (TPSA) is 29.5 Å². The highest BCUT2D eigenvalue weighted by Crippen LogP contribution is 2.33. The van der Waals surface area contributed by atoms with E-state index in [-0.39, 0.29) is 17.0 Å². The SMILES string of the molecule is CN(C)c1c(C=O)cccc1OC(F)(F)F. The average molecular weight is 233 g/mol. The molecule has 0 N–H and O–H groups in total. The van der Waals surface area contributed by atoms with Crippen LogP contribution in [0.3, 0.4) is 0 Å². The number of carbonyl (C=O) groups excluding carboxylic acids is 1. The van der Waals surface area contributed by atoms with Gasteiger partial charge in [-0.3, -0.25) is 4.79 Å². The van der Waals surface area contributed by atoms with Crippen molar-refractivity contribution < 1.29 is 22.7 Å². The van der Waals surface area contributed by atoms with Crippen LogP contribution in [0.2, 0.25) is 0 Å². The molecule has 0 amide bonds. The molecule has 0 spiro atoms. The van der Waals surface area contributed by atoms with Gasteiger partial charge in [0.15, 0.2) is 12.0 Å². The minimum Gasteiger partial charge on any atom is -0.404 e. The van der Waals surface area contributed by atoms with Gasteiger partial charge in [-0.25, -0.2) is 0 Å². The maximum atomic E-state index is 12.1. The molecule has 0 aromatic heterocycles. The van der Waals surface area contributed by atoms with Gasteiger partial charge in [-0.05, 0) is 12.1 Å². The van der Waals surface area contributed by atoms with E-state index in [0.29, 0.717) is 6.29 Å². The summed E-state index contributed by atoms with van der Waals surface area (Å²) in [6.45, 7) is 0. The first-order valence-electron chi connectivity index (χ1n) is 4.36. The highest BCUT2D eigenvalue weighted by molar-refractivity contribution is 5.87. The molecule has 0 saturated carbocycles. The fraction of sp³-hybridized carbons (Fsp3) is 0.300. The largest absolute Gasteiger partial charge is 0.573 e.